The molecule has 1 aliphatic rings. The molecule has 1 rings (SSSR count). The predicted molar refractivity (Wildman–Crippen MR) is 97.0 cm³/mol. The van der Waals surface area contributed by atoms with Gasteiger partial charge in [-0.05, 0) is 17.9 Å². The first-order chi connectivity index (χ1) is 10.2. The monoisotopic (exact) mass is 302 g/mol. The molecule has 0 fully saturated rings. The van der Waals surface area contributed by atoms with Crippen LogP contribution in [0.3, 0.4) is 0 Å². The van der Waals surface area contributed by atoms with Crippen molar-refractivity contribution in [2.45, 2.75) is 48.0 Å². The summed E-state index contributed by atoms with van der Waals surface area (Å²) in [5.74, 6) is 1.10. The summed E-state index contributed by atoms with van der Waals surface area (Å²) in [6.45, 7) is 13.6. The number of aliphatic imine (C=N–C) groups is 2. The van der Waals surface area contributed by atoms with Crippen LogP contribution in [0.5, 0.6) is 0 Å². The molecule has 4 heteroatoms. The van der Waals surface area contributed by atoms with E-state index in [9.17, 15) is 0 Å². The summed E-state index contributed by atoms with van der Waals surface area (Å²) < 4.78 is 0. The number of allylic oxidation sites excluding steroid dienone is 2. The highest BCUT2D eigenvalue weighted by molar-refractivity contribution is 5.96. The number of nitrogens with one attached hydrogen (secondary N) is 2. The maximum absolute atomic E-state index is 8.40. The van der Waals surface area contributed by atoms with E-state index in [1.165, 1.54) is 0 Å². The number of amidine groups is 1. The molecular weight excluding hydrogens is 272 g/mol. The first-order valence-corrected chi connectivity index (χ1v) is 7.99. The lowest BCUT2D eigenvalue weighted by Crippen LogP contribution is -2.34. The molecule has 0 spiro atoms. The summed E-state index contributed by atoms with van der Waals surface area (Å²) in [4.78, 5) is 8.23. The third-order valence-corrected chi connectivity index (χ3v) is 3.61. The molecule has 22 heavy (non-hydrogen) atoms. The topological polar surface area (TPSA) is 60.6 Å². The zero-order valence-electron chi connectivity index (χ0n) is 14.8. The van der Waals surface area contributed by atoms with Gasteiger partial charge in [-0.15, -0.1) is 0 Å². The lowest BCUT2D eigenvalue weighted by atomic mass is 9.89. The van der Waals surface area contributed by atoms with E-state index in [4.69, 9.17) is 5.41 Å². The molecule has 0 saturated heterocycles. The van der Waals surface area contributed by atoms with Gasteiger partial charge in [0.05, 0.1) is 6.54 Å². The van der Waals surface area contributed by atoms with Crippen LogP contribution in [0.1, 0.15) is 48.0 Å². The molecule has 1 unspecified atom stereocenters. The summed E-state index contributed by atoms with van der Waals surface area (Å²) in [5, 5.41) is 11.7. The van der Waals surface area contributed by atoms with E-state index < -0.39 is 0 Å². The van der Waals surface area contributed by atoms with E-state index in [-0.39, 0.29) is 11.3 Å². The third-order valence-electron chi connectivity index (χ3n) is 3.61. The lowest BCUT2D eigenvalue weighted by molar-refractivity contribution is 0.475. The standard InChI is InChI=1S/C18H30N4/c1-13(2)7-8-16(18(4,5)6)22-17(19)14(3)15-9-10-20-12-21-11-15/h8-9,11-14H,7,10H2,1-6H3,(H2,19,22)/b16-8+. The summed E-state index contributed by atoms with van der Waals surface area (Å²) in [5.41, 5.74) is 2.14. The van der Waals surface area contributed by atoms with Gasteiger partial charge in [0.25, 0.3) is 0 Å². The summed E-state index contributed by atoms with van der Waals surface area (Å²) in [6, 6.07) is 0. The second-order valence-electron chi connectivity index (χ2n) is 7.22. The van der Waals surface area contributed by atoms with Crippen molar-refractivity contribution in [3.63, 3.8) is 0 Å². The van der Waals surface area contributed by atoms with Gasteiger partial charge < -0.3 is 5.32 Å². The van der Waals surface area contributed by atoms with E-state index >= 15 is 0 Å². The van der Waals surface area contributed by atoms with E-state index in [1.54, 1.807) is 12.6 Å². The maximum Gasteiger partial charge on any atom is 0.110 e. The van der Waals surface area contributed by atoms with Crippen LogP contribution >= 0.6 is 0 Å². The molecule has 0 saturated carbocycles. The quantitative estimate of drug-likeness (QED) is 0.580. The number of hydrogen-bond acceptors (Lipinski definition) is 3. The van der Waals surface area contributed by atoms with Crippen LogP contribution in [-0.2, 0) is 0 Å². The Balaban J connectivity index is 2.82. The van der Waals surface area contributed by atoms with Crippen LogP contribution in [-0.4, -0.2) is 24.9 Å². The van der Waals surface area contributed by atoms with Gasteiger partial charge >= 0.3 is 0 Å². The first kappa shape index (κ1) is 18.3. The molecule has 0 aromatic heterocycles. The van der Waals surface area contributed by atoms with Gasteiger partial charge in [0, 0.05) is 23.2 Å². The normalized spacial score (nSPS) is 17.2. The third kappa shape index (κ3) is 5.96. The SMILES string of the molecule is CC(C)C/C=C(/NC(=N)C(C)C1=CCN=CN=C1)C(C)(C)C. The van der Waals surface area contributed by atoms with Gasteiger partial charge in [0.15, 0.2) is 0 Å². The Morgan fingerprint density at radius 1 is 1.36 bits per heavy atom. The van der Waals surface area contributed by atoms with Crippen molar-refractivity contribution in [3.05, 3.63) is 23.4 Å². The fourth-order valence-electron chi connectivity index (χ4n) is 2.03. The minimum absolute atomic E-state index is 0.00402. The molecule has 2 N–H and O–H groups in total. The van der Waals surface area contributed by atoms with Gasteiger partial charge in [-0.25, -0.2) is 4.99 Å². The van der Waals surface area contributed by atoms with E-state index in [0.717, 1.165) is 17.7 Å². The van der Waals surface area contributed by atoms with E-state index in [1.807, 2.05) is 13.0 Å². The smallest absolute Gasteiger partial charge is 0.110 e. The molecule has 1 heterocycles. The van der Waals surface area contributed by atoms with Crippen molar-refractivity contribution in [1.82, 2.24) is 5.32 Å². The molecule has 0 amide bonds. The van der Waals surface area contributed by atoms with E-state index in [2.05, 4.69) is 56.0 Å². The molecule has 0 aromatic carbocycles. The van der Waals surface area contributed by atoms with Gasteiger partial charge in [-0.3, -0.25) is 10.4 Å². The Morgan fingerprint density at radius 2 is 2.05 bits per heavy atom. The molecular formula is C18H30N4. The maximum atomic E-state index is 8.40. The molecule has 122 valence electrons. The van der Waals surface area contributed by atoms with Gasteiger partial charge in [0.2, 0.25) is 0 Å². The number of nitrogens with zero attached hydrogens (tertiary/aromatic N) is 2. The molecule has 4 nitrogen and oxygen atoms in total. The van der Waals surface area contributed by atoms with Gasteiger partial charge in [-0.2, -0.15) is 0 Å². The first-order valence-electron chi connectivity index (χ1n) is 7.99. The molecule has 0 aliphatic carbocycles. The van der Waals surface area contributed by atoms with Crippen molar-refractivity contribution < 1.29 is 0 Å². The fourth-order valence-corrected chi connectivity index (χ4v) is 2.03. The van der Waals surface area contributed by atoms with Crippen LogP contribution in [0.4, 0.5) is 0 Å². The Bertz CT molecular complexity index is 502. The Labute approximate surface area is 135 Å². The van der Waals surface area contributed by atoms with Crippen molar-refractivity contribution in [2.75, 3.05) is 6.54 Å². The number of hydrogen-bond donors (Lipinski definition) is 2. The summed E-state index contributed by atoms with van der Waals surface area (Å²) in [6.07, 6.45) is 8.63. The highest BCUT2D eigenvalue weighted by Crippen LogP contribution is 2.25. The second-order valence-corrected chi connectivity index (χ2v) is 7.22. The minimum Gasteiger partial charge on any atom is -0.347 e. The van der Waals surface area contributed by atoms with E-state index in [0.29, 0.717) is 18.3 Å². The van der Waals surface area contributed by atoms with Crippen LogP contribution in [0, 0.1) is 22.7 Å². The highest BCUT2D eigenvalue weighted by atomic mass is 15.0. The molecule has 0 aromatic rings. The zero-order valence-corrected chi connectivity index (χ0v) is 14.8. The van der Waals surface area contributed by atoms with Gasteiger partial charge in [-0.1, -0.05) is 53.7 Å². The fraction of sp³-hybridized carbons (Fsp3) is 0.611. The van der Waals surface area contributed by atoms with Crippen LogP contribution in [0.2, 0.25) is 0 Å². The highest BCUT2D eigenvalue weighted by Gasteiger charge is 2.21. The predicted octanol–water partition coefficient (Wildman–Crippen LogP) is 4.20. The Kier molecular flexibility index (Phi) is 6.72. The summed E-state index contributed by atoms with van der Waals surface area (Å²) in [7, 11) is 0. The average Bonchev–Trinajstić information content (AvgIpc) is 2.69. The molecule has 0 bridgehead atoms. The Hall–Kier alpha value is -1.71. The van der Waals surface area contributed by atoms with Crippen LogP contribution < -0.4 is 5.32 Å². The van der Waals surface area contributed by atoms with Crippen molar-refractivity contribution in [2.24, 2.45) is 27.2 Å². The largest absolute Gasteiger partial charge is 0.347 e. The minimum atomic E-state index is -0.0183. The molecule has 0 radical (unpaired) electrons. The molecule has 1 aliphatic heterocycles. The van der Waals surface area contributed by atoms with Gasteiger partial charge in [0.1, 0.15) is 12.2 Å². The van der Waals surface area contributed by atoms with Crippen molar-refractivity contribution in [3.8, 4) is 0 Å². The molecule has 1 atom stereocenters. The number of rotatable bonds is 5. The van der Waals surface area contributed by atoms with Crippen molar-refractivity contribution in [1.29, 1.82) is 5.41 Å². The Morgan fingerprint density at radius 3 is 2.64 bits per heavy atom. The average molecular weight is 302 g/mol. The second kappa shape index (κ2) is 8.06. The summed E-state index contributed by atoms with van der Waals surface area (Å²) >= 11 is 0. The van der Waals surface area contributed by atoms with Crippen molar-refractivity contribution >= 4 is 18.4 Å². The lowest BCUT2D eigenvalue weighted by Gasteiger charge is -2.27. The van der Waals surface area contributed by atoms with Crippen LogP contribution in [0.15, 0.2) is 33.4 Å². The van der Waals surface area contributed by atoms with Crippen LogP contribution in [0.25, 0.3) is 0 Å². The zero-order chi connectivity index (χ0) is 16.8.